The number of unbranched alkanes of at least 4 members (excludes halogenated alkanes) is 2. The fourth-order valence-corrected chi connectivity index (χ4v) is 3.51. The number of aliphatic imine (C=N–C) groups is 1. The minimum Gasteiger partial charge on any atom is -0.469 e. The van der Waals surface area contributed by atoms with E-state index in [-0.39, 0.29) is 5.97 Å². The van der Waals surface area contributed by atoms with Gasteiger partial charge < -0.3 is 15.0 Å². The Labute approximate surface area is 141 Å². The number of guanidine groups is 1. The van der Waals surface area contributed by atoms with Gasteiger partial charge in [0.1, 0.15) is 0 Å². The standard InChI is InChI=1S/C18H35N3O2/c1-5-11-18(2)12-9-14-21(15-18)17(19-3)20-13-8-6-7-10-16(22)23-4/h5-15H2,1-4H3,(H,19,20). The van der Waals surface area contributed by atoms with Crippen LogP contribution in [-0.4, -0.2) is 50.6 Å². The van der Waals surface area contributed by atoms with E-state index in [1.165, 1.54) is 32.8 Å². The number of ether oxygens (including phenoxy) is 1. The van der Waals surface area contributed by atoms with Gasteiger partial charge in [-0.05, 0) is 37.5 Å². The number of rotatable bonds is 8. The predicted octanol–water partition coefficient (Wildman–Crippen LogP) is 3.20. The molecule has 1 unspecified atom stereocenters. The monoisotopic (exact) mass is 325 g/mol. The van der Waals surface area contributed by atoms with Crippen molar-refractivity contribution in [3.63, 3.8) is 0 Å². The Morgan fingerprint density at radius 2 is 2.13 bits per heavy atom. The smallest absolute Gasteiger partial charge is 0.305 e. The zero-order chi connectivity index (χ0) is 17.1. The molecule has 1 fully saturated rings. The quantitative estimate of drug-likeness (QED) is 0.322. The van der Waals surface area contributed by atoms with Crippen LogP contribution in [0.4, 0.5) is 0 Å². The summed E-state index contributed by atoms with van der Waals surface area (Å²) in [6.07, 6.45) is 8.60. The summed E-state index contributed by atoms with van der Waals surface area (Å²) in [6, 6.07) is 0. The number of hydrogen-bond acceptors (Lipinski definition) is 3. The van der Waals surface area contributed by atoms with Crippen LogP contribution in [-0.2, 0) is 9.53 Å². The van der Waals surface area contributed by atoms with Crippen molar-refractivity contribution in [2.45, 2.75) is 65.2 Å². The summed E-state index contributed by atoms with van der Waals surface area (Å²) >= 11 is 0. The molecule has 0 radical (unpaired) electrons. The van der Waals surface area contributed by atoms with Crippen LogP contribution in [0, 0.1) is 5.41 Å². The average molecular weight is 325 g/mol. The van der Waals surface area contributed by atoms with Gasteiger partial charge in [0.15, 0.2) is 5.96 Å². The molecule has 1 atom stereocenters. The SMILES string of the molecule is CCCC1(C)CCCN(C(=NC)NCCCCCC(=O)OC)C1. The molecule has 23 heavy (non-hydrogen) atoms. The van der Waals surface area contributed by atoms with Crippen LogP contribution in [0.5, 0.6) is 0 Å². The van der Waals surface area contributed by atoms with Gasteiger partial charge in [0.05, 0.1) is 7.11 Å². The van der Waals surface area contributed by atoms with Gasteiger partial charge in [-0.1, -0.05) is 26.7 Å². The highest BCUT2D eigenvalue weighted by atomic mass is 16.5. The fourth-order valence-electron chi connectivity index (χ4n) is 3.51. The number of esters is 1. The molecule has 0 saturated carbocycles. The third-order valence-electron chi connectivity index (χ3n) is 4.71. The van der Waals surface area contributed by atoms with Crippen LogP contribution < -0.4 is 5.32 Å². The molecule has 1 N–H and O–H groups in total. The van der Waals surface area contributed by atoms with Crippen molar-refractivity contribution in [2.24, 2.45) is 10.4 Å². The molecule has 1 heterocycles. The highest BCUT2D eigenvalue weighted by Gasteiger charge is 2.31. The van der Waals surface area contributed by atoms with Gasteiger partial charge in [-0.2, -0.15) is 0 Å². The second-order valence-corrected chi connectivity index (χ2v) is 6.95. The first-order chi connectivity index (χ1) is 11.0. The number of nitrogens with zero attached hydrogens (tertiary/aromatic N) is 2. The molecule has 1 rings (SSSR count). The first kappa shape index (κ1) is 19.8. The highest BCUT2D eigenvalue weighted by Crippen LogP contribution is 2.33. The summed E-state index contributed by atoms with van der Waals surface area (Å²) in [4.78, 5) is 17.9. The van der Waals surface area contributed by atoms with Crippen LogP contribution in [0.3, 0.4) is 0 Å². The second-order valence-electron chi connectivity index (χ2n) is 6.95. The molecule has 5 heteroatoms. The van der Waals surface area contributed by atoms with E-state index in [0.717, 1.165) is 44.9 Å². The maximum absolute atomic E-state index is 11.1. The lowest BCUT2D eigenvalue weighted by Gasteiger charge is -2.42. The van der Waals surface area contributed by atoms with Crippen LogP contribution in [0.15, 0.2) is 4.99 Å². The summed E-state index contributed by atoms with van der Waals surface area (Å²) in [6.45, 7) is 7.79. The lowest BCUT2D eigenvalue weighted by molar-refractivity contribution is -0.140. The molecular weight excluding hydrogens is 290 g/mol. The molecule has 0 aliphatic carbocycles. The van der Waals surface area contributed by atoms with Gasteiger partial charge in [0.2, 0.25) is 0 Å². The van der Waals surface area contributed by atoms with Gasteiger partial charge in [-0.25, -0.2) is 0 Å². The first-order valence-electron chi connectivity index (χ1n) is 9.07. The van der Waals surface area contributed by atoms with E-state index in [1.807, 2.05) is 7.05 Å². The van der Waals surface area contributed by atoms with Gasteiger partial charge in [-0.3, -0.25) is 9.79 Å². The van der Waals surface area contributed by atoms with E-state index in [4.69, 9.17) is 0 Å². The van der Waals surface area contributed by atoms with E-state index < -0.39 is 0 Å². The molecule has 1 aliphatic heterocycles. The zero-order valence-corrected chi connectivity index (χ0v) is 15.5. The summed E-state index contributed by atoms with van der Waals surface area (Å²) in [5.74, 6) is 0.914. The fraction of sp³-hybridized carbons (Fsp3) is 0.889. The van der Waals surface area contributed by atoms with Crippen LogP contribution in [0.2, 0.25) is 0 Å². The molecule has 0 spiro atoms. The van der Waals surface area contributed by atoms with Crippen molar-refractivity contribution in [1.29, 1.82) is 0 Å². The molecule has 5 nitrogen and oxygen atoms in total. The minimum absolute atomic E-state index is 0.114. The molecule has 0 aromatic heterocycles. The molecule has 0 amide bonds. The van der Waals surface area contributed by atoms with E-state index in [2.05, 4.69) is 33.8 Å². The minimum atomic E-state index is -0.114. The van der Waals surface area contributed by atoms with Crippen molar-refractivity contribution in [1.82, 2.24) is 10.2 Å². The number of methoxy groups -OCH3 is 1. The third kappa shape index (κ3) is 7.23. The summed E-state index contributed by atoms with van der Waals surface area (Å²) in [5, 5.41) is 3.48. The molecule has 0 aromatic rings. The number of nitrogens with one attached hydrogen (secondary N) is 1. The third-order valence-corrected chi connectivity index (χ3v) is 4.71. The Kier molecular flexibility index (Phi) is 9.03. The molecule has 1 saturated heterocycles. The Balaban J connectivity index is 2.30. The second kappa shape index (κ2) is 10.5. The maximum Gasteiger partial charge on any atom is 0.305 e. The summed E-state index contributed by atoms with van der Waals surface area (Å²) < 4.78 is 4.65. The molecule has 0 aromatic carbocycles. The number of piperidine rings is 1. The molecule has 134 valence electrons. The topological polar surface area (TPSA) is 53.9 Å². The number of likely N-dealkylation sites (tertiary alicyclic amines) is 1. The van der Waals surface area contributed by atoms with E-state index in [9.17, 15) is 4.79 Å². The van der Waals surface area contributed by atoms with Crippen LogP contribution in [0.25, 0.3) is 0 Å². The zero-order valence-electron chi connectivity index (χ0n) is 15.5. The Hall–Kier alpha value is -1.26. The number of carbonyl (C=O) groups is 1. The lowest BCUT2D eigenvalue weighted by atomic mass is 9.78. The summed E-state index contributed by atoms with van der Waals surface area (Å²) in [5.41, 5.74) is 0.422. The molecule has 1 aliphatic rings. The Bertz CT molecular complexity index is 380. The van der Waals surface area contributed by atoms with Crippen LogP contribution in [0.1, 0.15) is 65.2 Å². The Morgan fingerprint density at radius 3 is 2.78 bits per heavy atom. The lowest BCUT2D eigenvalue weighted by Crippen LogP contribution is -2.49. The van der Waals surface area contributed by atoms with Crippen molar-refractivity contribution in [3.8, 4) is 0 Å². The maximum atomic E-state index is 11.1. The molecular formula is C18H35N3O2. The van der Waals surface area contributed by atoms with E-state index in [0.29, 0.717) is 11.8 Å². The highest BCUT2D eigenvalue weighted by molar-refractivity contribution is 5.80. The Morgan fingerprint density at radius 1 is 1.35 bits per heavy atom. The average Bonchev–Trinajstić information content (AvgIpc) is 2.53. The van der Waals surface area contributed by atoms with Crippen molar-refractivity contribution < 1.29 is 9.53 Å². The first-order valence-corrected chi connectivity index (χ1v) is 9.07. The number of hydrogen-bond donors (Lipinski definition) is 1. The van der Waals surface area contributed by atoms with Gasteiger partial charge in [-0.15, -0.1) is 0 Å². The number of carbonyl (C=O) groups excluding carboxylic acids is 1. The van der Waals surface area contributed by atoms with Gasteiger partial charge in [0, 0.05) is 33.1 Å². The largest absolute Gasteiger partial charge is 0.469 e. The van der Waals surface area contributed by atoms with Crippen molar-refractivity contribution in [2.75, 3.05) is 33.8 Å². The van der Waals surface area contributed by atoms with Crippen molar-refractivity contribution >= 4 is 11.9 Å². The van der Waals surface area contributed by atoms with E-state index >= 15 is 0 Å². The van der Waals surface area contributed by atoms with Gasteiger partial charge >= 0.3 is 5.97 Å². The summed E-state index contributed by atoms with van der Waals surface area (Å²) in [7, 11) is 3.31. The predicted molar refractivity (Wildman–Crippen MR) is 95.7 cm³/mol. The van der Waals surface area contributed by atoms with Crippen molar-refractivity contribution in [3.05, 3.63) is 0 Å². The normalized spacial score (nSPS) is 22.1. The van der Waals surface area contributed by atoms with Crippen LogP contribution >= 0.6 is 0 Å². The van der Waals surface area contributed by atoms with E-state index in [1.54, 1.807) is 0 Å². The van der Waals surface area contributed by atoms with Gasteiger partial charge in [0.25, 0.3) is 0 Å². The molecule has 0 bridgehead atoms.